The number of carbonyl (C=O) groups excluding carboxylic acids is 1. The quantitative estimate of drug-likeness (QED) is 0.629. The molecule has 24 heavy (non-hydrogen) atoms. The van der Waals surface area contributed by atoms with Crippen LogP contribution in [0, 0.1) is 11.8 Å². The van der Waals surface area contributed by atoms with E-state index >= 15 is 0 Å². The summed E-state index contributed by atoms with van der Waals surface area (Å²) in [4.78, 5) is 15.4. The molecule has 0 atom stereocenters. The average Bonchev–Trinajstić information content (AvgIpc) is 2.55. The van der Waals surface area contributed by atoms with Gasteiger partial charge in [0.1, 0.15) is 12.4 Å². The van der Waals surface area contributed by atoms with E-state index in [1.165, 1.54) is 18.2 Å². The number of nitrogen functional groups attached to an aromatic ring is 1. The number of nitrogens with one attached hydrogen (secondary N) is 1. The zero-order chi connectivity index (χ0) is 17.5. The van der Waals surface area contributed by atoms with E-state index in [-0.39, 0.29) is 35.8 Å². The summed E-state index contributed by atoms with van der Waals surface area (Å²) in [5.74, 6) is -2.02. The molecule has 0 aliphatic carbocycles. The minimum Gasteiger partial charge on any atom is -0.486 e. The van der Waals surface area contributed by atoms with Gasteiger partial charge in [-0.2, -0.15) is 4.39 Å². The van der Waals surface area contributed by atoms with Crippen LogP contribution in [0.15, 0.2) is 42.5 Å². The van der Waals surface area contributed by atoms with E-state index < -0.39 is 17.7 Å². The highest BCUT2D eigenvalue weighted by Crippen LogP contribution is 2.20. The van der Waals surface area contributed by atoms with Crippen molar-refractivity contribution in [3.63, 3.8) is 0 Å². The van der Waals surface area contributed by atoms with Crippen LogP contribution in [-0.4, -0.2) is 17.5 Å². The largest absolute Gasteiger partial charge is 0.486 e. The molecule has 1 aromatic carbocycles. The van der Waals surface area contributed by atoms with Crippen molar-refractivity contribution in [2.75, 3.05) is 12.3 Å². The molecule has 2 aromatic rings. The van der Waals surface area contributed by atoms with Crippen molar-refractivity contribution in [2.45, 2.75) is 13.5 Å². The van der Waals surface area contributed by atoms with Gasteiger partial charge in [0, 0.05) is 12.1 Å². The maximum Gasteiger partial charge on any atom is 0.255 e. The third-order valence-electron chi connectivity index (χ3n) is 3.19. The zero-order valence-corrected chi connectivity index (χ0v) is 13.1. The minimum absolute atomic E-state index is 0.0253. The van der Waals surface area contributed by atoms with Crippen LogP contribution in [0.4, 0.5) is 14.6 Å². The molecule has 0 fully saturated rings. The second kappa shape index (κ2) is 8.05. The molecule has 0 bridgehead atoms. The molecule has 1 amide bonds. The summed E-state index contributed by atoms with van der Waals surface area (Å²) < 4.78 is 32.5. The van der Waals surface area contributed by atoms with Gasteiger partial charge in [0.05, 0.1) is 5.56 Å². The first kappa shape index (κ1) is 17.4. The number of rotatable bonds is 6. The fourth-order valence-corrected chi connectivity index (χ4v) is 1.95. The fraction of sp³-hybridized carbons (Fsp3) is 0.176. The third kappa shape index (κ3) is 4.28. The van der Waals surface area contributed by atoms with Gasteiger partial charge in [-0.15, -0.1) is 0 Å². The van der Waals surface area contributed by atoms with Crippen molar-refractivity contribution in [1.29, 1.82) is 0 Å². The number of nitrogens with zero attached hydrogens (tertiary/aromatic N) is 1. The number of amides is 1. The summed E-state index contributed by atoms with van der Waals surface area (Å²) in [5, 5.41) is 2.52. The first-order valence-corrected chi connectivity index (χ1v) is 7.24. The number of nitrogens with two attached hydrogens (primary N) is 1. The number of hydrogen-bond acceptors (Lipinski definition) is 4. The predicted molar refractivity (Wildman–Crippen MR) is 86.5 cm³/mol. The van der Waals surface area contributed by atoms with Crippen LogP contribution in [0.5, 0.6) is 5.75 Å². The van der Waals surface area contributed by atoms with Crippen molar-refractivity contribution in [3.8, 4) is 5.75 Å². The molecule has 3 N–H and O–H groups in total. The standard InChI is InChI=1S/C17H17F2N3O2/c1-2-3-9-24-13-6-4-5-11(15(13)19)10-21-17(23)12-7-8-14(18)22-16(12)20/h2-8H,9-10H2,1H3,(H2,20,22)(H,21,23)/b3-2+. The highest BCUT2D eigenvalue weighted by atomic mass is 19.1. The number of hydrogen-bond donors (Lipinski definition) is 2. The van der Waals surface area contributed by atoms with Crippen LogP contribution < -0.4 is 15.8 Å². The molecule has 0 saturated carbocycles. The molecule has 126 valence electrons. The van der Waals surface area contributed by atoms with E-state index in [9.17, 15) is 13.6 Å². The van der Waals surface area contributed by atoms with Gasteiger partial charge in [-0.3, -0.25) is 4.79 Å². The van der Waals surface area contributed by atoms with E-state index in [1.807, 2.05) is 6.92 Å². The molecule has 0 radical (unpaired) electrons. The molecule has 0 unspecified atom stereocenters. The second-order valence-electron chi connectivity index (χ2n) is 4.86. The Morgan fingerprint density at radius 2 is 2.12 bits per heavy atom. The molecule has 2 rings (SSSR count). The topological polar surface area (TPSA) is 77.2 Å². The van der Waals surface area contributed by atoms with Crippen molar-refractivity contribution >= 4 is 11.7 Å². The maximum atomic E-state index is 14.3. The van der Waals surface area contributed by atoms with Gasteiger partial charge in [0.15, 0.2) is 11.6 Å². The Labute approximate surface area is 138 Å². The molecule has 7 heteroatoms. The summed E-state index contributed by atoms with van der Waals surface area (Å²) >= 11 is 0. The van der Waals surface area contributed by atoms with Gasteiger partial charge in [0.2, 0.25) is 5.95 Å². The van der Waals surface area contributed by atoms with Crippen molar-refractivity contribution < 1.29 is 18.3 Å². The van der Waals surface area contributed by atoms with Crippen LogP contribution in [0.25, 0.3) is 0 Å². The lowest BCUT2D eigenvalue weighted by Crippen LogP contribution is -2.24. The lowest BCUT2D eigenvalue weighted by Gasteiger charge is -2.10. The van der Waals surface area contributed by atoms with Gasteiger partial charge in [-0.25, -0.2) is 9.37 Å². The normalized spacial score (nSPS) is 10.8. The minimum atomic E-state index is -0.777. The van der Waals surface area contributed by atoms with Crippen LogP contribution in [-0.2, 0) is 6.54 Å². The Morgan fingerprint density at radius 3 is 2.83 bits per heavy atom. The first-order valence-electron chi connectivity index (χ1n) is 7.24. The van der Waals surface area contributed by atoms with Crippen LogP contribution in [0.3, 0.4) is 0 Å². The molecule has 1 heterocycles. The lowest BCUT2D eigenvalue weighted by atomic mass is 10.2. The summed E-state index contributed by atoms with van der Waals surface area (Å²) in [6.45, 7) is 2.02. The number of allylic oxidation sites excluding steroid dienone is 1. The van der Waals surface area contributed by atoms with Crippen LogP contribution >= 0.6 is 0 Å². The highest BCUT2D eigenvalue weighted by molar-refractivity contribution is 5.98. The number of halogens is 2. The van der Waals surface area contributed by atoms with Gasteiger partial charge in [-0.05, 0) is 25.1 Å². The molecular formula is C17H17F2N3O2. The molecule has 0 spiro atoms. The number of benzene rings is 1. The van der Waals surface area contributed by atoms with E-state index in [0.29, 0.717) is 0 Å². The van der Waals surface area contributed by atoms with Crippen LogP contribution in [0.1, 0.15) is 22.8 Å². The van der Waals surface area contributed by atoms with E-state index in [2.05, 4.69) is 10.3 Å². The predicted octanol–water partition coefficient (Wildman–Crippen LogP) is 2.83. The Morgan fingerprint density at radius 1 is 1.33 bits per heavy atom. The van der Waals surface area contributed by atoms with E-state index in [1.54, 1.807) is 18.2 Å². The molecular weight excluding hydrogens is 316 g/mol. The number of carbonyl (C=O) groups is 1. The van der Waals surface area contributed by atoms with Gasteiger partial charge in [0.25, 0.3) is 5.91 Å². The van der Waals surface area contributed by atoms with Crippen LogP contribution in [0.2, 0.25) is 0 Å². The van der Waals surface area contributed by atoms with E-state index in [0.717, 1.165) is 6.07 Å². The summed E-state index contributed by atoms with van der Waals surface area (Å²) in [5.41, 5.74) is 5.79. The van der Waals surface area contributed by atoms with Crippen molar-refractivity contribution in [2.24, 2.45) is 0 Å². The monoisotopic (exact) mass is 333 g/mol. The fourth-order valence-electron chi connectivity index (χ4n) is 1.95. The molecule has 0 saturated heterocycles. The van der Waals surface area contributed by atoms with Gasteiger partial charge < -0.3 is 15.8 Å². The zero-order valence-electron chi connectivity index (χ0n) is 13.1. The Kier molecular flexibility index (Phi) is 5.83. The van der Waals surface area contributed by atoms with Gasteiger partial charge >= 0.3 is 0 Å². The third-order valence-corrected chi connectivity index (χ3v) is 3.19. The smallest absolute Gasteiger partial charge is 0.255 e. The first-order chi connectivity index (χ1) is 11.5. The van der Waals surface area contributed by atoms with E-state index in [4.69, 9.17) is 10.5 Å². The molecule has 0 aliphatic heterocycles. The summed E-state index contributed by atoms with van der Waals surface area (Å²) in [6, 6.07) is 6.92. The average molecular weight is 333 g/mol. The SMILES string of the molecule is C/C=C/COc1cccc(CNC(=O)c2ccc(F)nc2N)c1F. The highest BCUT2D eigenvalue weighted by Gasteiger charge is 2.14. The Bertz CT molecular complexity index is 763. The molecule has 5 nitrogen and oxygen atoms in total. The Balaban J connectivity index is 2.06. The number of ether oxygens (including phenoxy) is 1. The Hall–Kier alpha value is -2.96. The number of anilines is 1. The van der Waals surface area contributed by atoms with Crippen molar-refractivity contribution in [3.05, 3.63) is 65.4 Å². The number of aromatic nitrogens is 1. The maximum absolute atomic E-state index is 14.3. The number of pyridine rings is 1. The van der Waals surface area contributed by atoms with Gasteiger partial charge in [-0.1, -0.05) is 24.3 Å². The molecule has 0 aliphatic rings. The molecule has 1 aromatic heterocycles. The summed E-state index contributed by atoms with van der Waals surface area (Å²) in [7, 11) is 0. The summed E-state index contributed by atoms with van der Waals surface area (Å²) in [6.07, 6.45) is 3.54. The lowest BCUT2D eigenvalue weighted by molar-refractivity contribution is 0.0951. The van der Waals surface area contributed by atoms with Crippen molar-refractivity contribution in [1.82, 2.24) is 10.3 Å². The second-order valence-corrected chi connectivity index (χ2v) is 4.86.